The Morgan fingerprint density at radius 2 is 1.95 bits per heavy atom. The molecule has 2 rings (SSSR count). The van der Waals surface area contributed by atoms with E-state index in [2.05, 4.69) is 50.4 Å². The molecule has 0 amide bonds. The second kappa shape index (κ2) is 8.43. The summed E-state index contributed by atoms with van der Waals surface area (Å²) in [6.45, 7) is 7.38. The van der Waals surface area contributed by atoms with Crippen molar-refractivity contribution in [2.45, 2.75) is 71.4 Å². The van der Waals surface area contributed by atoms with E-state index < -0.39 is 0 Å². The molecule has 2 nitrogen and oxygen atoms in total. The van der Waals surface area contributed by atoms with E-state index >= 15 is 0 Å². The van der Waals surface area contributed by atoms with E-state index in [4.69, 9.17) is 4.74 Å². The zero-order valence-corrected chi connectivity index (χ0v) is 13.9. The third kappa shape index (κ3) is 5.35. The Kier molecular flexibility index (Phi) is 6.56. The minimum absolute atomic E-state index is 0.233. The predicted molar refractivity (Wildman–Crippen MR) is 89.8 cm³/mol. The van der Waals surface area contributed by atoms with Crippen molar-refractivity contribution in [1.29, 1.82) is 0 Å². The lowest BCUT2D eigenvalue weighted by Crippen LogP contribution is -2.24. The monoisotopic (exact) mass is 289 g/mol. The van der Waals surface area contributed by atoms with Crippen LogP contribution in [0.1, 0.15) is 70.9 Å². The smallest absolute Gasteiger partial charge is 0.120 e. The fraction of sp³-hybridized carbons (Fsp3) is 0.684. The molecule has 0 heterocycles. The van der Waals surface area contributed by atoms with Crippen LogP contribution in [0.5, 0.6) is 5.75 Å². The van der Waals surface area contributed by atoms with Crippen molar-refractivity contribution in [3.8, 4) is 5.75 Å². The Hall–Kier alpha value is -1.02. The van der Waals surface area contributed by atoms with Crippen LogP contribution in [0.4, 0.5) is 0 Å². The fourth-order valence-electron chi connectivity index (χ4n) is 3.42. The quantitative estimate of drug-likeness (QED) is 0.754. The van der Waals surface area contributed by atoms with Gasteiger partial charge in [-0.15, -0.1) is 0 Å². The predicted octanol–water partition coefficient (Wildman–Crippen LogP) is 5.09. The lowest BCUT2D eigenvalue weighted by molar-refractivity contribution is 0.241. The van der Waals surface area contributed by atoms with Crippen molar-refractivity contribution in [2.75, 3.05) is 6.54 Å². The molecule has 1 saturated carbocycles. The molecule has 0 aliphatic heterocycles. The van der Waals surface area contributed by atoms with Crippen LogP contribution in [-0.4, -0.2) is 12.6 Å². The first kappa shape index (κ1) is 16.4. The van der Waals surface area contributed by atoms with E-state index in [0.717, 1.165) is 18.2 Å². The number of hydrogen-bond acceptors (Lipinski definition) is 2. The summed E-state index contributed by atoms with van der Waals surface area (Å²) in [6, 6.07) is 9.11. The molecule has 21 heavy (non-hydrogen) atoms. The lowest BCUT2D eigenvalue weighted by Gasteiger charge is -2.27. The average molecular weight is 289 g/mol. The Morgan fingerprint density at radius 1 is 1.19 bits per heavy atom. The first-order valence-corrected chi connectivity index (χ1v) is 8.69. The third-order valence-electron chi connectivity index (χ3n) is 4.38. The van der Waals surface area contributed by atoms with Crippen LogP contribution in [0, 0.1) is 5.92 Å². The molecule has 1 aliphatic rings. The molecule has 1 N–H and O–H groups in total. The largest absolute Gasteiger partial charge is 0.491 e. The summed E-state index contributed by atoms with van der Waals surface area (Å²) < 4.78 is 5.85. The van der Waals surface area contributed by atoms with Gasteiger partial charge in [-0.2, -0.15) is 0 Å². The highest BCUT2D eigenvalue weighted by Gasteiger charge is 2.20. The van der Waals surface area contributed by atoms with Crippen molar-refractivity contribution in [1.82, 2.24) is 5.32 Å². The lowest BCUT2D eigenvalue weighted by atomic mass is 9.83. The Balaban J connectivity index is 2.05. The van der Waals surface area contributed by atoms with E-state index in [1.54, 1.807) is 0 Å². The van der Waals surface area contributed by atoms with Crippen LogP contribution in [0.3, 0.4) is 0 Å². The molecule has 118 valence electrons. The molecular weight excluding hydrogens is 258 g/mol. The van der Waals surface area contributed by atoms with Gasteiger partial charge < -0.3 is 10.1 Å². The Morgan fingerprint density at radius 3 is 2.62 bits per heavy atom. The summed E-state index contributed by atoms with van der Waals surface area (Å²) in [5.74, 6) is 1.88. The van der Waals surface area contributed by atoms with Gasteiger partial charge in [-0.3, -0.25) is 0 Å². The van der Waals surface area contributed by atoms with Crippen LogP contribution in [0.15, 0.2) is 24.3 Å². The summed E-state index contributed by atoms with van der Waals surface area (Å²) in [5, 5.41) is 3.67. The van der Waals surface area contributed by atoms with Gasteiger partial charge in [0.05, 0.1) is 6.10 Å². The number of benzene rings is 1. The summed E-state index contributed by atoms with van der Waals surface area (Å²) >= 11 is 0. The van der Waals surface area contributed by atoms with Crippen LogP contribution >= 0.6 is 0 Å². The van der Waals surface area contributed by atoms with Gasteiger partial charge in [0.15, 0.2) is 0 Å². The maximum absolute atomic E-state index is 5.85. The van der Waals surface area contributed by atoms with Gasteiger partial charge in [0, 0.05) is 6.04 Å². The Bertz CT molecular complexity index is 410. The molecule has 1 aromatic carbocycles. The molecule has 0 aromatic heterocycles. The summed E-state index contributed by atoms with van der Waals surface area (Å²) in [5.41, 5.74) is 1.38. The molecule has 0 radical (unpaired) electrons. The highest BCUT2D eigenvalue weighted by Crippen LogP contribution is 2.32. The standard InChI is InChI=1S/C19H31NO/c1-4-20-19(13-16-9-6-5-7-10-16)17-11-8-12-18(14-17)21-15(2)3/h8,11-12,14-16,19-20H,4-7,9-10,13H2,1-3H3. The third-order valence-corrected chi connectivity index (χ3v) is 4.38. The van der Waals surface area contributed by atoms with Gasteiger partial charge in [-0.25, -0.2) is 0 Å². The normalized spacial score (nSPS) is 17.9. The molecular formula is C19H31NO. The number of hydrogen-bond donors (Lipinski definition) is 1. The molecule has 0 spiro atoms. The Labute approximate surface area is 130 Å². The summed E-state index contributed by atoms with van der Waals surface area (Å²) in [6.07, 6.45) is 8.57. The molecule has 1 aliphatic carbocycles. The number of nitrogens with one attached hydrogen (secondary N) is 1. The highest BCUT2D eigenvalue weighted by molar-refractivity contribution is 5.30. The van der Waals surface area contributed by atoms with E-state index in [1.165, 1.54) is 44.1 Å². The minimum atomic E-state index is 0.233. The second-order valence-electron chi connectivity index (χ2n) is 6.59. The molecule has 2 heteroatoms. The molecule has 1 unspecified atom stereocenters. The first-order valence-electron chi connectivity index (χ1n) is 8.69. The van der Waals surface area contributed by atoms with E-state index in [1.807, 2.05) is 0 Å². The molecule has 0 saturated heterocycles. The summed E-state index contributed by atoms with van der Waals surface area (Å²) in [4.78, 5) is 0. The zero-order valence-electron chi connectivity index (χ0n) is 13.9. The van der Waals surface area contributed by atoms with E-state index in [0.29, 0.717) is 6.04 Å². The van der Waals surface area contributed by atoms with Gasteiger partial charge in [-0.05, 0) is 50.4 Å². The van der Waals surface area contributed by atoms with Gasteiger partial charge in [0.25, 0.3) is 0 Å². The molecule has 1 aromatic rings. The van der Waals surface area contributed by atoms with Gasteiger partial charge in [-0.1, -0.05) is 51.2 Å². The number of rotatable bonds is 7. The maximum atomic E-state index is 5.85. The van der Waals surface area contributed by atoms with Gasteiger partial charge >= 0.3 is 0 Å². The highest BCUT2D eigenvalue weighted by atomic mass is 16.5. The van der Waals surface area contributed by atoms with Crippen molar-refractivity contribution < 1.29 is 4.74 Å². The maximum Gasteiger partial charge on any atom is 0.120 e. The molecule has 1 atom stereocenters. The van der Waals surface area contributed by atoms with Gasteiger partial charge in [0.1, 0.15) is 5.75 Å². The van der Waals surface area contributed by atoms with Crippen molar-refractivity contribution in [3.05, 3.63) is 29.8 Å². The molecule has 1 fully saturated rings. The van der Waals surface area contributed by atoms with E-state index in [-0.39, 0.29) is 6.10 Å². The minimum Gasteiger partial charge on any atom is -0.491 e. The van der Waals surface area contributed by atoms with Gasteiger partial charge in [0.2, 0.25) is 0 Å². The first-order chi connectivity index (χ1) is 10.2. The van der Waals surface area contributed by atoms with Crippen LogP contribution in [0.2, 0.25) is 0 Å². The van der Waals surface area contributed by atoms with Crippen LogP contribution < -0.4 is 10.1 Å². The van der Waals surface area contributed by atoms with Crippen LogP contribution in [0.25, 0.3) is 0 Å². The SMILES string of the molecule is CCNC(CC1CCCCC1)c1cccc(OC(C)C)c1. The topological polar surface area (TPSA) is 21.3 Å². The van der Waals surface area contributed by atoms with Crippen molar-refractivity contribution in [3.63, 3.8) is 0 Å². The molecule has 0 bridgehead atoms. The fourth-order valence-corrected chi connectivity index (χ4v) is 3.42. The van der Waals surface area contributed by atoms with E-state index in [9.17, 15) is 0 Å². The van der Waals surface area contributed by atoms with Crippen molar-refractivity contribution >= 4 is 0 Å². The average Bonchev–Trinajstić information content (AvgIpc) is 2.47. The van der Waals surface area contributed by atoms with Crippen molar-refractivity contribution in [2.24, 2.45) is 5.92 Å². The zero-order chi connectivity index (χ0) is 15.1. The summed E-state index contributed by atoms with van der Waals surface area (Å²) in [7, 11) is 0. The second-order valence-corrected chi connectivity index (χ2v) is 6.59. The number of ether oxygens (including phenoxy) is 1. The van der Waals surface area contributed by atoms with Crippen LogP contribution in [-0.2, 0) is 0 Å².